The third kappa shape index (κ3) is 4.08. The Labute approximate surface area is 202 Å². The van der Waals surface area contributed by atoms with E-state index in [9.17, 15) is 0 Å². The van der Waals surface area contributed by atoms with Crippen LogP contribution in [-0.2, 0) is 6.42 Å². The number of halogens is 2. The minimum Gasteiger partial charge on any atom is -0.396 e. The molecule has 0 saturated heterocycles. The summed E-state index contributed by atoms with van der Waals surface area (Å²) in [5.74, 6) is 0.285. The fourth-order valence-corrected chi connectivity index (χ4v) is 4.95. The van der Waals surface area contributed by atoms with Crippen LogP contribution in [0.5, 0.6) is 0 Å². The summed E-state index contributed by atoms with van der Waals surface area (Å²) in [7, 11) is 0. The number of aryl methyl sites for hydroxylation is 2. The Kier molecular flexibility index (Phi) is 6.11. The van der Waals surface area contributed by atoms with Gasteiger partial charge in [-0.2, -0.15) is 0 Å². The number of aliphatic hydroxyl groups is 1. The van der Waals surface area contributed by atoms with Crippen LogP contribution in [0.15, 0.2) is 48.5 Å². The zero-order chi connectivity index (χ0) is 23.8. The smallest absolute Gasteiger partial charge is 0.226 e. The SMILES string of the molecule is Cc1cc(C)nc(N2CCc3c([nH]c4ccc(Cl)c(F)c34)C2c2ccc(/C=C/CCO)cc2)n1. The van der Waals surface area contributed by atoms with Gasteiger partial charge in [-0.05, 0) is 61.6 Å². The van der Waals surface area contributed by atoms with Gasteiger partial charge in [-0.15, -0.1) is 0 Å². The first kappa shape index (κ1) is 22.6. The fraction of sp³-hybridized carbons (Fsp3) is 0.259. The van der Waals surface area contributed by atoms with Crippen LogP contribution in [-0.4, -0.2) is 33.2 Å². The second-order valence-electron chi connectivity index (χ2n) is 8.68. The maximum Gasteiger partial charge on any atom is 0.226 e. The van der Waals surface area contributed by atoms with E-state index in [2.05, 4.69) is 34.1 Å². The van der Waals surface area contributed by atoms with Crippen LogP contribution in [0.25, 0.3) is 17.0 Å². The van der Waals surface area contributed by atoms with Gasteiger partial charge >= 0.3 is 0 Å². The largest absolute Gasteiger partial charge is 0.396 e. The van der Waals surface area contributed by atoms with E-state index >= 15 is 4.39 Å². The summed E-state index contributed by atoms with van der Waals surface area (Å²) in [5.41, 5.74) is 6.56. The predicted octanol–water partition coefficient (Wildman–Crippen LogP) is 5.91. The lowest BCUT2D eigenvalue weighted by Gasteiger charge is -2.36. The molecule has 2 N–H and O–H groups in total. The number of aromatic nitrogens is 3. The van der Waals surface area contributed by atoms with Gasteiger partial charge in [-0.1, -0.05) is 48.0 Å². The monoisotopic (exact) mass is 476 g/mol. The van der Waals surface area contributed by atoms with Crippen molar-refractivity contribution >= 4 is 34.5 Å². The van der Waals surface area contributed by atoms with Gasteiger partial charge < -0.3 is 15.0 Å². The number of fused-ring (bicyclic) bond motifs is 3. The van der Waals surface area contributed by atoms with Crippen molar-refractivity contribution in [2.75, 3.05) is 18.1 Å². The van der Waals surface area contributed by atoms with E-state index in [0.717, 1.165) is 39.3 Å². The van der Waals surface area contributed by atoms with E-state index in [-0.39, 0.29) is 23.5 Å². The zero-order valence-electron chi connectivity index (χ0n) is 19.1. The van der Waals surface area contributed by atoms with Crippen LogP contribution >= 0.6 is 11.6 Å². The van der Waals surface area contributed by atoms with Crippen molar-refractivity contribution in [2.45, 2.75) is 32.7 Å². The lowest BCUT2D eigenvalue weighted by Crippen LogP contribution is -2.37. The molecule has 2 aromatic carbocycles. The summed E-state index contributed by atoms with van der Waals surface area (Å²) >= 11 is 6.13. The van der Waals surface area contributed by atoms with Crippen molar-refractivity contribution < 1.29 is 9.50 Å². The van der Waals surface area contributed by atoms with E-state index in [1.54, 1.807) is 6.07 Å². The molecule has 0 spiro atoms. The predicted molar refractivity (Wildman–Crippen MR) is 135 cm³/mol. The summed E-state index contributed by atoms with van der Waals surface area (Å²) in [4.78, 5) is 15.1. The molecule has 34 heavy (non-hydrogen) atoms. The van der Waals surface area contributed by atoms with Gasteiger partial charge in [0.1, 0.15) is 0 Å². The van der Waals surface area contributed by atoms with Gasteiger partial charge in [0.2, 0.25) is 5.95 Å². The van der Waals surface area contributed by atoms with Crippen molar-refractivity contribution in [3.63, 3.8) is 0 Å². The summed E-state index contributed by atoms with van der Waals surface area (Å²) in [6, 6.07) is 13.5. The van der Waals surface area contributed by atoms with Crippen LogP contribution in [0, 0.1) is 19.7 Å². The number of aromatic amines is 1. The van der Waals surface area contributed by atoms with Crippen LogP contribution in [0.2, 0.25) is 5.02 Å². The van der Waals surface area contributed by atoms with E-state index in [4.69, 9.17) is 26.7 Å². The molecule has 1 atom stereocenters. The molecule has 1 aliphatic heterocycles. The maximum absolute atomic E-state index is 15.1. The lowest BCUT2D eigenvalue weighted by atomic mass is 9.92. The number of nitrogens with one attached hydrogen (secondary N) is 1. The number of H-pyrrole nitrogens is 1. The van der Waals surface area contributed by atoms with Crippen molar-refractivity contribution in [3.8, 4) is 0 Å². The molecule has 0 saturated carbocycles. The van der Waals surface area contributed by atoms with Gasteiger partial charge in [0.25, 0.3) is 0 Å². The molecule has 0 bridgehead atoms. The Morgan fingerprint density at radius 3 is 2.59 bits per heavy atom. The summed E-state index contributed by atoms with van der Waals surface area (Å²) in [6.07, 6.45) is 5.22. The topological polar surface area (TPSA) is 65.0 Å². The molecule has 5 rings (SSSR count). The van der Waals surface area contributed by atoms with E-state index < -0.39 is 0 Å². The van der Waals surface area contributed by atoms with Crippen LogP contribution in [0.4, 0.5) is 10.3 Å². The standard InChI is InChI=1S/C27H26ClFN4O/c1-16-15-17(2)31-27(30-16)33-13-12-20-23-22(11-10-21(28)24(23)29)32-25(20)26(33)19-8-6-18(7-9-19)5-3-4-14-34/h3,5-11,15,26,32,34H,4,12-14H2,1-2H3/b5-3+. The molecule has 4 aromatic rings. The average Bonchev–Trinajstić information content (AvgIpc) is 3.20. The molecule has 3 heterocycles. The van der Waals surface area contributed by atoms with Gasteiger partial charge in [0.05, 0.1) is 11.1 Å². The first-order chi connectivity index (χ1) is 16.5. The third-order valence-corrected chi connectivity index (χ3v) is 6.56. The highest BCUT2D eigenvalue weighted by Gasteiger charge is 2.34. The van der Waals surface area contributed by atoms with E-state index in [0.29, 0.717) is 30.7 Å². The Balaban J connectivity index is 1.65. The van der Waals surface area contributed by atoms with Gasteiger partial charge in [0.15, 0.2) is 5.82 Å². The van der Waals surface area contributed by atoms with Crippen LogP contribution in [0.1, 0.15) is 46.2 Å². The Bertz CT molecular complexity index is 1360. The Morgan fingerprint density at radius 1 is 1.15 bits per heavy atom. The molecule has 0 amide bonds. The molecule has 0 aliphatic carbocycles. The molecule has 1 unspecified atom stereocenters. The summed E-state index contributed by atoms with van der Waals surface area (Å²) in [5, 5.41) is 9.71. The normalized spacial score (nSPS) is 15.9. The highest BCUT2D eigenvalue weighted by atomic mass is 35.5. The highest BCUT2D eigenvalue weighted by molar-refractivity contribution is 6.31. The quantitative estimate of drug-likeness (QED) is 0.375. The first-order valence-corrected chi connectivity index (χ1v) is 11.8. The first-order valence-electron chi connectivity index (χ1n) is 11.4. The molecule has 0 radical (unpaired) electrons. The molecule has 174 valence electrons. The molecular formula is C27H26ClFN4O. The van der Waals surface area contributed by atoms with Crippen LogP contribution in [0.3, 0.4) is 0 Å². The minimum atomic E-state index is -0.379. The van der Waals surface area contributed by atoms with E-state index in [1.165, 1.54) is 0 Å². The summed E-state index contributed by atoms with van der Waals surface area (Å²) < 4.78 is 15.1. The number of anilines is 1. The fourth-order valence-electron chi connectivity index (χ4n) is 4.80. The molecule has 2 aromatic heterocycles. The van der Waals surface area contributed by atoms with Crippen molar-refractivity contribution in [3.05, 3.63) is 93.2 Å². The second kappa shape index (κ2) is 9.20. The van der Waals surface area contributed by atoms with Crippen LogP contribution < -0.4 is 4.90 Å². The highest BCUT2D eigenvalue weighted by Crippen LogP contribution is 2.41. The number of hydrogen-bond donors (Lipinski definition) is 2. The van der Waals surface area contributed by atoms with E-state index in [1.807, 2.05) is 38.1 Å². The second-order valence-corrected chi connectivity index (χ2v) is 9.09. The van der Waals surface area contributed by atoms with Crippen molar-refractivity contribution in [1.29, 1.82) is 0 Å². The molecule has 7 heteroatoms. The van der Waals surface area contributed by atoms with Gasteiger partial charge in [-0.3, -0.25) is 0 Å². The maximum atomic E-state index is 15.1. The number of nitrogens with zero attached hydrogens (tertiary/aromatic N) is 3. The summed E-state index contributed by atoms with van der Waals surface area (Å²) in [6.45, 7) is 4.72. The Hall–Kier alpha value is -3.22. The van der Waals surface area contributed by atoms with Crippen molar-refractivity contribution in [1.82, 2.24) is 15.0 Å². The van der Waals surface area contributed by atoms with Gasteiger partial charge in [-0.25, -0.2) is 14.4 Å². The molecule has 0 fully saturated rings. The molecule has 1 aliphatic rings. The zero-order valence-corrected chi connectivity index (χ0v) is 19.9. The van der Waals surface area contributed by atoms with Gasteiger partial charge in [0, 0.05) is 41.1 Å². The average molecular weight is 477 g/mol. The third-order valence-electron chi connectivity index (χ3n) is 6.26. The Morgan fingerprint density at radius 2 is 1.88 bits per heavy atom. The number of rotatable bonds is 5. The minimum absolute atomic E-state index is 0.130. The molecule has 5 nitrogen and oxygen atoms in total. The number of hydrogen-bond acceptors (Lipinski definition) is 4. The van der Waals surface area contributed by atoms with Crippen molar-refractivity contribution in [2.24, 2.45) is 0 Å². The number of aliphatic hydroxyl groups excluding tert-OH is 1. The molecular weight excluding hydrogens is 451 g/mol. The number of benzene rings is 2. The lowest BCUT2D eigenvalue weighted by molar-refractivity contribution is 0.303.